The summed E-state index contributed by atoms with van der Waals surface area (Å²) in [6.45, 7) is 2.12. The topological polar surface area (TPSA) is 41.8 Å². The molecule has 1 aromatic heterocycles. The number of nitrogens with two attached hydrogens (primary N) is 1. The second-order valence-corrected chi connectivity index (χ2v) is 4.36. The van der Waals surface area contributed by atoms with E-state index in [2.05, 4.69) is 36.3 Å². The summed E-state index contributed by atoms with van der Waals surface area (Å²) in [5.74, 6) is 0. The molecule has 2 nitrogen and oxygen atoms in total. The Morgan fingerprint density at radius 3 is 2.86 bits per heavy atom. The standard InChI is InChI=1S/C12H14N2/c1-8-3-2-4-9-10(7-14-11(8)9)12(13)5-6-12/h2-4,7,14H,5-6,13H2,1H3. The molecule has 0 spiro atoms. The second-order valence-electron chi connectivity index (χ2n) is 4.36. The molecule has 2 heteroatoms. The Hall–Kier alpha value is -1.28. The van der Waals surface area contributed by atoms with Gasteiger partial charge in [-0.1, -0.05) is 18.2 Å². The summed E-state index contributed by atoms with van der Waals surface area (Å²) in [6.07, 6.45) is 4.31. The summed E-state index contributed by atoms with van der Waals surface area (Å²) in [5.41, 5.74) is 9.99. The first-order chi connectivity index (χ1) is 6.71. The van der Waals surface area contributed by atoms with E-state index in [1.165, 1.54) is 22.0 Å². The summed E-state index contributed by atoms with van der Waals surface area (Å²) in [4.78, 5) is 3.32. The Labute approximate surface area is 83.1 Å². The van der Waals surface area contributed by atoms with Gasteiger partial charge in [0.2, 0.25) is 0 Å². The van der Waals surface area contributed by atoms with Crippen molar-refractivity contribution in [1.29, 1.82) is 0 Å². The van der Waals surface area contributed by atoms with E-state index < -0.39 is 0 Å². The Morgan fingerprint density at radius 1 is 1.36 bits per heavy atom. The zero-order chi connectivity index (χ0) is 9.76. The van der Waals surface area contributed by atoms with Crippen molar-refractivity contribution in [3.8, 4) is 0 Å². The summed E-state index contributed by atoms with van der Waals surface area (Å²) < 4.78 is 0. The molecular weight excluding hydrogens is 172 g/mol. The number of H-pyrrole nitrogens is 1. The van der Waals surface area contributed by atoms with E-state index in [-0.39, 0.29) is 5.54 Å². The maximum absolute atomic E-state index is 6.21. The lowest BCUT2D eigenvalue weighted by atomic mass is 10.0. The SMILES string of the molecule is Cc1cccc2c(C3(N)CC3)c[nH]c12. The van der Waals surface area contributed by atoms with Crippen molar-refractivity contribution >= 4 is 10.9 Å². The Kier molecular flexibility index (Phi) is 1.38. The average Bonchev–Trinajstić information content (AvgIpc) is 2.77. The van der Waals surface area contributed by atoms with Crippen molar-refractivity contribution in [2.24, 2.45) is 5.73 Å². The molecule has 1 saturated carbocycles. The van der Waals surface area contributed by atoms with Crippen molar-refractivity contribution in [3.63, 3.8) is 0 Å². The lowest BCUT2D eigenvalue weighted by molar-refractivity contribution is 0.747. The van der Waals surface area contributed by atoms with Crippen molar-refractivity contribution < 1.29 is 0 Å². The van der Waals surface area contributed by atoms with Crippen LogP contribution in [-0.4, -0.2) is 4.98 Å². The monoisotopic (exact) mass is 186 g/mol. The number of fused-ring (bicyclic) bond motifs is 1. The lowest BCUT2D eigenvalue weighted by Crippen LogP contribution is -2.17. The van der Waals surface area contributed by atoms with E-state index in [1.807, 2.05) is 0 Å². The van der Waals surface area contributed by atoms with Gasteiger partial charge in [-0.25, -0.2) is 0 Å². The molecule has 1 aliphatic rings. The Morgan fingerprint density at radius 2 is 2.14 bits per heavy atom. The van der Waals surface area contributed by atoms with Gasteiger partial charge in [-0.2, -0.15) is 0 Å². The summed E-state index contributed by atoms with van der Waals surface area (Å²) in [5, 5.41) is 1.30. The fraction of sp³-hybridized carbons (Fsp3) is 0.333. The van der Waals surface area contributed by atoms with Crippen LogP contribution in [0.5, 0.6) is 0 Å². The zero-order valence-electron chi connectivity index (χ0n) is 8.30. The van der Waals surface area contributed by atoms with E-state index in [0.717, 1.165) is 12.8 Å². The highest BCUT2D eigenvalue weighted by molar-refractivity contribution is 5.87. The van der Waals surface area contributed by atoms with Gasteiger partial charge in [-0.15, -0.1) is 0 Å². The van der Waals surface area contributed by atoms with Gasteiger partial charge in [-0.3, -0.25) is 0 Å². The van der Waals surface area contributed by atoms with Gasteiger partial charge < -0.3 is 10.7 Å². The lowest BCUT2D eigenvalue weighted by Gasteiger charge is -2.06. The van der Waals surface area contributed by atoms with E-state index in [9.17, 15) is 0 Å². The van der Waals surface area contributed by atoms with Crippen LogP contribution in [-0.2, 0) is 5.54 Å². The molecule has 1 aliphatic carbocycles. The smallest absolute Gasteiger partial charge is 0.0487 e. The first-order valence-corrected chi connectivity index (χ1v) is 5.07. The third kappa shape index (κ3) is 0.946. The minimum absolute atomic E-state index is 0.0357. The minimum atomic E-state index is -0.0357. The molecule has 0 amide bonds. The van der Waals surface area contributed by atoms with Crippen LogP contribution in [0.25, 0.3) is 10.9 Å². The van der Waals surface area contributed by atoms with Gasteiger partial charge in [0.1, 0.15) is 0 Å². The van der Waals surface area contributed by atoms with Gasteiger partial charge in [0, 0.05) is 22.6 Å². The maximum atomic E-state index is 6.21. The van der Waals surface area contributed by atoms with Gasteiger partial charge >= 0.3 is 0 Å². The maximum Gasteiger partial charge on any atom is 0.0487 e. The van der Waals surface area contributed by atoms with Gasteiger partial charge in [0.15, 0.2) is 0 Å². The fourth-order valence-corrected chi connectivity index (χ4v) is 2.12. The highest BCUT2D eigenvalue weighted by Crippen LogP contribution is 2.45. The number of benzene rings is 1. The van der Waals surface area contributed by atoms with E-state index >= 15 is 0 Å². The molecule has 72 valence electrons. The molecule has 14 heavy (non-hydrogen) atoms. The van der Waals surface area contributed by atoms with Gasteiger partial charge in [-0.05, 0) is 30.9 Å². The normalized spacial score (nSPS) is 18.7. The van der Waals surface area contributed by atoms with Gasteiger partial charge in [0.25, 0.3) is 0 Å². The molecule has 3 rings (SSSR count). The number of para-hydroxylation sites is 1. The molecular formula is C12H14N2. The third-order valence-electron chi connectivity index (χ3n) is 3.25. The highest BCUT2D eigenvalue weighted by Gasteiger charge is 2.41. The van der Waals surface area contributed by atoms with Crippen LogP contribution in [0.2, 0.25) is 0 Å². The predicted octanol–water partition coefficient (Wildman–Crippen LogP) is 2.42. The van der Waals surface area contributed by atoms with Crippen LogP contribution in [0.15, 0.2) is 24.4 Å². The first-order valence-electron chi connectivity index (χ1n) is 5.07. The molecule has 0 radical (unpaired) electrons. The van der Waals surface area contributed by atoms with E-state index in [4.69, 9.17) is 5.73 Å². The van der Waals surface area contributed by atoms with Crippen LogP contribution in [0.1, 0.15) is 24.0 Å². The van der Waals surface area contributed by atoms with Crippen LogP contribution in [0.4, 0.5) is 0 Å². The number of rotatable bonds is 1. The van der Waals surface area contributed by atoms with Crippen LogP contribution < -0.4 is 5.73 Å². The molecule has 3 N–H and O–H groups in total. The molecule has 0 bridgehead atoms. The quantitative estimate of drug-likeness (QED) is 0.705. The summed E-state index contributed by atoms with van der Waals surface area (Å²) in [7, 11) is 0. The van der Waals surface area contributed by atoms with Crippen LogP contribution >= 0.6 is 0 Å². The van der Waals surface area contributed by atoms with Gasteiger partial charge in [0.05, 0.1) is 0 Å². The third-order valence-corrected chi connectivity index (χ3v) is 3.25. The summed E-state index contributed by atoms with van der Waals surface area (Å²) in [6, 6.07) is 6.38. The average molecular weight is 186 g/mol. The molecule has 0 saturated heterocycles. The molecule has 0 aliphatic heterocycles. The largest absolute Gasteiger partial charge is 0.361 e. The van der Waals surface area contributed by atoms with E-state index in [1.54, 1.807) is 0 Å². The van der Waals surface area contributed by atoms with Crippen molar-refractivity contribution in [1.82, 2.24) is 4.98 Å². The van der Waals surface area contributed by atoms with Crippen LogP contribution in [0, 0.1) is 6.92 Å². The van der Waals surface area contributed by atoms with Crippen molar-refractivity contribution in [3.05, 3.63) is 35.5 Å². The number of aromatic nitrogens is 1. The molecule has 1 aromatic carbocycles. The zero-order valence-corrected chi connectivity index (χ0v) is 8.30. The molecule has 1 fully saturated rings. The van der Waals surface area contributed by atoms with Crippen LogP contribution in [0.3, 0.4) is 0 Å². The minimum Gasteiger partial charge on any atom is -0.361 e. The number of aryl methyl sites for hydroxylation is 1. The number of hydrogen-bond acceptors (Lipinski definition) is 1. The molecule has 0 atom stereocenters. The molecule has 2 aromatic rings. The fourth-order valence-electron chi connectivity index (χ4n) is 2.12. The number of aromatic amines is 1. The highest BCUT2D eigenvalue weighted by atomic mass is 14.8. The van der Waals surface area contributed by atoms with Crippen molar-refractivity contribution in [2.45, 2.75) is 25.3 Å². The number of nitrogens with one attached hydrogen (secondary N) is 1. The molecule has 1 heterocycles. The number of hydrogen-bond donors (Lipinski definition) is 2. The van der Waals surface area contributed by atoms with Crippen molar-refractivity contribution in [2.75, 3.05) is 0 Å². The Balaban J connectivity index is 2.32. The molecule has 0 unspecified atom stereocenters. The van der Waals surface area contributed by atoms with E-state index in [0.29, 0.717) is 0 Å². The second kappa shape index (κ2) is 2.39. The first kappa shape index (κ1) is 8.06. The predicted molar refractivity (Wildman–Crippen MR) is 58.1 cm³/mol. The summed E-state index contributed by atoms with van der Waals surface area (Å²) >= 11 is 0. The Bertz CT molecular complexity index is 492.